The van der Waals surface area contributed by atoms with Crippen molar-refractivity contribution in [3.8, 4) is 0 Å². The van der Waals surface area contributed by atoms with Crippen molar-refractivity contribution in [2.75, 3.05) is 24.6 Å². The van der Waals surface area contributed by atoms with Crippen molar-refractivity contribution in [3.63, 3.8) is 0 Å². The molecule has 15 heavy (non-hydrogen) atoms. The summed E-state index contributed by atoms with van der Waals surface area (Å²) >= 11 is 0. The molecule has 1 unspecified atom stereocenters. The number of hydrogen-bond acceptors (Lipinski definition) is 4. The van der Waals surface area contributed by atoms with Crippen LogP contribution in [0.2, 0.25) is 0 Å². The van der Waals surface area contributed by atoms with Crippen LogP contribution >= 0.6 is 7.52 Å². The van der Waals surface area contributed by atoms with Gasteiger partial charge in [0.25, 0.3) is 7.52 Å². The molecule has 0 amide bonds. The van der Waals surface area contributed by atoms with Crippen LogP contribution in [-0.2, 0) is 9.09 Å². The third-order valence-electron chi connectivity index (χ3n) is 2.16. The first kappa shape index (κ1) is 12.1. The third kappa shape index (κ3) is 2.55. The number of nitrogens with one attached hydrogen (secondary N) is 2. The highest BCUT2D eigenvalue weighted by Gasteiger charge is 2.27. The van der Waals surface area contributed by atoms with Crippen LogP contribution in [0.5, 0.6) is 0 Å². The van der Waals surface area contributed by atoms with Crippen molar-refractivity contribution in [1.29, 1.82) is 0 Å². The highest BCUT2D eigenvalue weighted by Crippen LogP contribution is 2.51. The van der Waals surface area contributed by atoms with Crippen LogP contribution in [0.25, 0.3) is 0 Å². The topological polar surface area (TPSA) is 63.5 Å². The SMILES string of the molecule is CNc1cocc1NP(=O)(OC)C(C)C. The van der Waals surface area contributed by atoms with E-state index in [9.17, 15) is 4.57 Å². The van der Waals surface area contributed by atoms with Crippen LogP contribution in [0.4, 0.5) is 11.4 Å². The van der Waals surface area contributed by atoms with E-state index < -0.39 is 7.52 Å². The van der Waals surface area contributed by atoms with Gasteiger partial charge in [-0.3, -0.25) is 4.57 Å². The monoisotopic (exact) mass is 232 g/mol. The van der Waals surface area contributed by atoms with Crippen LogP contribution in [0.15, 0.2) is 16.9 Å². The number of anilines is 2. The first-order chi connectivity index (χ1) is 7.03. The molecule has 1 aromatic rings. The van der Waals surface area contributed by atoms with Crippen LogP contribution in [0, 0.1) is 0 Å². The lowest BCUT2D eigenvalue weighted by Gasteiger charge is -2.21. The fraction of sp³-hybridized carbons (Fsp3) is 0.556. The largest absolute Gasteiger partial charge is 0.468 e. The summed E-state index contributed by atoms with van der Waals surface area (Å²) in [4.78, 5) is 0. The van der Waals surface area contributed by atoms with Crippen molar-refractivity contribution >= 4 is 18.9 Å². The highest BCUT2D eigenvalue weighted by molar-refractivity contribution is 7.61. The van der Waals surface area contributed by atoms with Gasteiger partial charge in [0.15, 0.2) is 0 Å². The van der Waals surface area contributed by atoms with E-state index in [0.717, 1.165) is 5.69 Å². The van der Waals surface area contributed by atoms with Crippen molar-refractivity contribution in [3.05, 3.63) is 12.5 Å². The Labute approximate surface area is 89.7 Å². The van der Waals surface area contributed by atoms with E-state index >= 15 is 0 Å². The van der Waals surface area contributed by atoms with Crippen LogP contribution in [0.1, 0.15) is 13.8 Å². The Bertz CT molecular complexity index is 362. The van der Waals surface area contributed by atoms with E-state index in [1.807, 2.05) is 13.8 Å². The maximum Gasteiger partial charge on any atom is 0.296 e. The molecule has 0 aliphatic heterocycles. The molecule has 0 radical (unpaired) electrons. The maximum absolute atomic E-state index is 12.2. The van der Waals surface area contributed by atoms with E-state index in [-0.39, 0.29) is 5.66 Å². The quantitative estimate of drug-likeness (QED) is 0.764. The molecule has 1 aromatic heterocycles. The Balaban J connectivity index is 2.89. The van der Waals surface area contributed by atoms with Gasteiger partial charge < -0.3 is 19.3 Å². The van der Waals surface area contributed by atoms with Crippen molar-refractivity contribution < 1.29 is 13.5 Å². The molecule has 1 heterocycles. The first-order valence-corrected chi connectivity index (χ1v) is 6.40. The third-order valence-corrected chi connectivity index (χ3v) is 4.61. The van der Waals surface area contributed by atoms with Gasteiger partial charge in [0.1, 0.15) is 18.2 Å². The van der Waals surface area contributed by atoms with Crippen molar-refractivity contribution in [2.24, 2.45) is 0 Å². The Morgan fingerprint density at radius 1 is 1.40 bits per heavy atom. The van der Waals surface area contributed by atoms with Gasteiger partial charge in [-0.05, 0) is 0 Å². The number of furan rings is 1. The molecule has 1 rings (SSSR count). The van der Waals surface area contributed by atoms with Gasteiger partial charge in [-0.1, -0.05) is 13.8 Å². The van der Waals surface area contributed by atoms with E-state index in [4.69, 9.17) is 8.94 Å². The molecule has 0 saturated heterocycles. The number of hydrogen-bond donors (Lipinski definition) is 2. The fourth-order valence-electron chi connectivity index (χ4n) is 1.13. The molecule has 5 nitrogen and oxygen atoms in total. The van der Waals surface area contributed by atoms with E-state index in [1.54, 1.807) is 13.3 Å². The second kappa shape index (κ2) is 4.73. The summed E-state index contributed by atoms with van der Waals surface area (Å²) in [7, 11) is 0.353. The molecule has 86 valence electrons. The van der Waals surface area contributed by atoms with Crippen LogP contribution in [-0.4, -0.2) is 19.8 Å². The summed E-state index contributed by atoms with van der Waals surface area (Å²) in [5.74, 6) is 0. The summed E-state index contributed by atoms with van der Waals surface area (Å²) in [6.45, 7) is 3.69. The van der Waals surface area contributed by atoms with Crippen molar-refractivity contribution in [1.82, 2.24) is 0 Å². The van der Waals surface area contributed by atoms with Crippen LogP contribution in [0.3, 0.4) is 0 Å². The van der Waals surface area contributed by atoms with E-state index in [1.165, 1.54) is 13.4 Å². The van der Waals surface area contributed by atoms with Crippen LogP contribution < -0.4 is 10.4 Å². The highest BCUT2D eigenvalue weighted by atomic mass is 31.2. The zero-order valence-corrected chi connectivity index (χ0v) is 10.3. The Kier molecular flexibility index (Phi) is 3.83. The zero-order valence-electron chi connectivity index (χ0n) is 9.40. The second-order valence-corrected chi connectivity index (χ2v) is 6.25. The molecule has 0 aromatic carbocycles. The smallest absolute Gasteiger partial charge is 0.296 e. The lowest BCUT2D eigenvalue weighted by atomic mass is 10.5. The predicted molar refractivity (Wildman–Crippen MR) is 61.6 cm³/mol. The molecule has 1 atom stereocenters. The average Bonchev–Trinajstić information content (AvgIpc) is 2.64. The van der Waals surface area contributed by atoms with Crippen molar-refractivity contribution in [2.45, 2.75) is 19.5 Å². The van der Waals surface area contributed by atoms with Gasteiger partial charge >= 0.3 is 0 Å². The Morgan fingerprint density at radius 3 is 2.47 bits per heavy atom. The molecule has 0 bridgehead atoms. The summed E-state index contributed by atoms with van der Waals surface area (Å²) in [6.07, 6.45) is 3.04. The van der Waals surface area contributed by atoms with Gasteiger partial charge in [-0.25, -0.2) is 0 Å². The molecule has 0 aliphatic carbocycles. The molecule has 0 spiro atoms. The first-order valence-electron chi connectivity index (χ1n) is 4.71. The second-order valence-electron chi connectivity index (χ2n) is 3.43. The minimum Gasteiger partial charge on any atom is -0.468 e. The van der Waals surface area contributed by atoms with E-state index in [0.29, 0.717) is 5.69 Å². The number of rotatable bonds is 5. The molecular weight excluding hydrogens is 215 g/mol. The lowest BCUT2D eigenvalue weighted by molar-refractivity contribution is 0.391. The normalized spacial score (nSPS) is 15.0. The minimum atomic E-state index is -2.85. The average molecular weight is 232 g/mol. The fourth-order valence-corrected chi connectivity index (χ4v) is 2.41. The molecular formula is C9H17N2O3P. The predicted octanol–water partition coefficient (Wildman–Crippen LogP) is 2.98. The minimum absolute atomic E-state index is 0.0953. The van der Waals surface area contributed by atoms with Gasteiger partial charge in [0, 0.05) is 19.8 Å². The van der Waals surface area contributed by atoms with E-state index in [2.05, 4.69) is 10.4 Å². The Morgan fingerprint density at radius 2 is 2.00 bits per heavy atom. The maximum atomic E-state index is 12.2. The van der Waals surface area contributed by atoms with Gasteiger partial charge in [0.2, 0.25) is 0 Å². The molecule has 0 fully saturated rings. The Hall–Kier alpha value is -0.930. The molecule has 0 saturated carbocycles. The van der Waals surface area contributed by atoms with Gasteiger partial charge in [-0.2, -0.15) is 0 Å². The summed E-state index contributed by atoms with van der Waals surface area (Å²) in [5.41, 5.74) is 1.31. The molecule has 0 aliphatic rings. The summed E-state index contributed by atoms with van der Waals surface area (Å²) in [6, 6.07) is 0. The lowest BCUT2D eigenvalue weighted by Crippen LogP contribution is -2.09. The summed E-state index contributed by atoms with van der Waals surface area (Å²) in [5, 5.41) is 5.81. The zero-order chi connectivity index (χ0) is 11.5. The van der Waals surface area contributed by atoms with Gasteiger partial charge in [0.05, 0.1) is 5.69 Å². The molecule has 2 N–H and O–H groups in total. The standard InChI is InChI=1S/C9H17N2O3P/c1-7(2)15(12,13-4)11-9-6-14-5-8(9)10-3/h5-7,10H,1-4H3,(H,11,12). The molecule has 6 heteroatoms. The summed E-state index contributed by atoms with van der Waals surface area (Å²) < 4.78 is 22.3. The van der Waals surface area contributed by atoms with Gasteiger partial charge in [-0.15, -0.1) is 0 Å².